The number of hydrogen-bond acceptors (Lipinski definition) is 3. The van der Waals surface area contributed by atoms with Gasteiger partial charge in [-0.25, -0.2) is 4.39 Å². The third-order valence-electron chi connectivity index (χ3n) is 4.12. The number of furan rings is 1. The number of benzene rings is 1. The van der Waals surface area contributed by atoms with Gasteiger partial charge in [-0.05, 0) is 62.3 Å². The number of halogens is 1. The van der Waals surface area contributed by atoms with Crippen LogP contribution in [0.3, 0.4) is 0 Å². The molecule has 1 fully saturated rings. The fraction of sp³-hybridized carbons (Fsp3) is 0.353. The van der Waals surface area contributed by atoms with Gasteiger partial charge in [0.05, 0.1) is 0 Å². The minimum Gasteiger partial charge on any atom is -0.451 e. The van der Waals surface area contributed by atoms with Crippen molar-refractivity contribution in [1.82, 2.24) is 10.2 Å². The summed E-state index contributed by atoms with van der Waals surface area (Å²) in [6, 6.07) is 9.70. The Morgan fingerprint density at radius 3 is 2.55 bits per heavy atom. The van der Waals surface area contributed by atoms with E-state index in [0.717, 1.165) is 31.5 Å². The second-order valence-corrected chi connectivity index (χ2v) is 5.57. The van der Waals surface area contributed by atoms with Crippen molar-refractivity contribution in [3.8, 4) is 11.3 Å². The number of rotatable bonds is 3. The minimum atomic E-state index is -0.294. The SMILES string of the molecule is CN(C(=O)c1ccc(-c2ccc(F)cc2)o1)C1CCNCC1. The molecule has 0 atom stereocenters. The van der Waals surface area contributed by atoms with Crippen molar-refractivity contribution in [2.75, 3.05) is 20.1 Å². The summed E-state index contributed by atoms with van der Waals surface area (Å²) in [7, 11) is 1.82. The molecule has 1 aromatic carbocycles. The first kappa shape index (κ1) is 14.8. The molecule has 5 heteroatoms. The van der Waals surface area contributed by atoms with Crippen LogP contribution in [0.15, 0.2) is 40.8 Å². The van der Waals surface area contributed by atoms with Crippen molar-refractivity contribution < 1.29 is 13.6 Å². The zero-order chi connectivity index (χ0) is 15.5. The second kappa shape index (κ2) is 6.32. The van der Waals surface area contributed by atoms with E-state index in [9.17, 15) is 9.18 Å². The molecule has 0 radical (unpaired) electrons. The molecule has 22 heavy (non-hydrogen) atoms. The quantitative estimate of drug-likeness (QED) is 0.948. The summed E-state index contributed by atoms with van der Waals surface area (Å²) in [5, 5.41) is 3.29. The molecule has 1 aromatic heterocycles. The number of hydrogen-bond donors (Lipinski definition) is 1. The third kappa shape index (κ3) is 3.04. The van der Waals surface area contributed by atoms with E-state index in [1.807, 2.05) is 7.05 Å². The number of nitrogens with one attached hydrogen (secondary N) is 1. The average molecular weight is 302 g/mol. The largest absolute Gasteiger partial charge is 0.451 e. The summed E-state index contributed by atoms with van der Waals surface area (Å²) >= 11 is 0. The van der Waals surface area contributed by atoms with E-state index < -0.39 is 0 Å². The molecule has 2 heterocycles. The van der Waals surface area contributed by atoms with Gasteiger partial charge in [-0.15, -0.1) is 0 Å². The molecule has 0 aliphatic carbocycles. The Kier molecular flexibility index (Phi) is 4.24. The Labute approximate surface area is 128 Å². The highest BCUT2D eigenvalue weighted by molar-refractivity contribution is 5.92. The van der Waals surface area contributed by atoms with Crippen LogP contribution in [0.4, 0.5) is 4.39 Å². The maximum atomic E-state index is 13.0. The smallest absolute Gasteiger partial charge is 0.289 e. The highest BCUT2D eigenvalue weighted by Gasteiger charge is 2.24. The second-order valence-electron chi connectivity index (χ2n) is 5.57. The van der Waals surface area contributed by atoms with Crippen LogP contribution in [-0.2, 0) is 0 Å². The zero-order valence-electron chi connectivity index (χ0n) is 12.5. The fourth-order valence-corrected chi connectivity index (χ4v) is 2.76. The molecule has 3 rings (SSSR count). The predicted octanol–water partition coefficient (Wildman–Crippen LogP) is 2.91. The third-order valence-corrected chi connectivity index (χ3v) is 4.12. The maximum absolute atomic E-state index is 13.0. The normalized spacial score (nSPS) is 15.7. The number of nitrogens with zero attached hydrogens (tertiary/aromatic N) is 1. The molecule has 1 saturated heterocycles. The molecule has 1 aliphatic heterocycles. The monoisotopic (exact) mass is 302 g/mol. The van der Waals surface area contributed by atoms with E-state index in [-0.39, 0.29) is 17.8 Å². The predicted molar refractivity (Wildman–Crippen MR) is 82.1 cm³/mol. The highest BCUT2D eigenvalue weighted by atomic mass is 19.1. The van der Waals surface area contributed by atoms with Crippen molar-refractivity contribution in [3.63, 3.8) is 0 Å². The van der Waals surface area contributed by atoms with Crippen molar-refractivity contribution >= 4 is 5.91 Å². The van der Waals surface area contributed by atoms with Crippen molar-refractivity contribution in [3.05, 3.63) is 48.0 Å². The van der Waals surface area contributed by atoms with Crippen molar-refractivity contribution in [1.29, 1.82) is 0 Å². The molecule has 116 valence electrons. The molecule has 1 aliphatic rings. The lowest BCUT2D eigenvalue weighted by molar-refractivity contribution is 0.0672. The number of carbonyl (C=O) groups is 1. The Bertz CT molecular complexity index is 645. The molecule has 4 nitrogen and oxygen atoms in total. The van der Waals surface area contributed by atoms with Gasteiger partial charge in [0.25, 0.3) is 5.91 Å². The molecular weight excluding hydrogens is 283 g/mol. The summed E-state index contributed by atoms with van der Waals surface area (Å²) < 4.78 is 18.6. The number of amides is 1. The van der Waals surface area contributed by atoms with E-state index >= 15 is 0 Å². The van der Waals surface area contributed by atoms with Crippen molar-refractivity contribution in [2.45, 2.75) is 18.9 Å². The lowest BCUT2D eigenvalue weighted by Gasteiger charge is -2.31. The molecule has 2 aromatic rings. The molecule has 0 spiro atoms. The lowest BCUT2D eigenvalue weighted by atomic mass is 10.1. The van der Waals surface area contributed by atoms with E-state index in [1.54, 1.807) is 29.2 Å². The molecule has 0 unspecified atom stereocenters. The summed E-state index contributed by atoms with van der Waals surface area (Å²) in [5.41, 5.74) is 0.755. The van der Waals surface area contributed by atoms with Gasteiger partial charge in [0.15, 0.2) is 5.76 Å². The molecule has 1 N–H and O–H groups in total. The summed E-state index contributed by atoms with van der Waals surface area (Å²) in [5.74, 6) is 0.486. The molecular formula is C17H19FN2O2. The molecule has 0 bridgehead atoms. The molecule has 1 amide bonds. The molecule has 0 saturated carbocycles. The van der Waals surface area contributed by atoms with Gasteiger partial charge >= 0.3 is 0 Å². The Morgan fingerprint density at radius 2 is 1.86 bits per heavy atom. The van der Waals surface area contributed by atoms with Crippen LogP contribution < -0.4 is 5.32 Å². The van der Waals surface area contributed by atoms with Crippen LogP contribution in [0.1, 0.15) is 23.4 Å². The number of piperidine rings is 1. The van der Waals surface area contributed by atoms with Gasteiger partial charge in [0, 0.05) is 18.7 Å². The standard InChI is InChI=1S/C17H19FN2O2/c1-20(14-8-10-19-11-9-14)17(21)16-7-6-15(22-16)12-2-4-13(18)5-3-12/h2-7,14,19H,8-11H2,1H3. The van der Waals surface area contributed by atoms with Crippen LogP contribution >= 0.6 is 0 Å². The first-order chi connectivity index (χ1) is 10.6. The van der Waals surface area contributed by atoms with Crippen LogP contribution in [0, 0.1) is 5.82 Å². The van der Waals surface area contributed by atoms with E-state index in [1.165, 1.54) is 12.1 Å². The highest BCUT2D eigenvalue weighted by Crippen LogP contribution is 2.24. The van der Waals surface area contributed by atoms with E-state index in [4.69, 9.17) is 4.42 Å². The Morgan fingerprint density at radius 1 is 1.18 bits per heavy atom. The first-order valence-electron chi connectivity index (χ1n) is 7.49. The Balaban J connectivity index is 1.75. The van der Waals surface area contributed by atoms with Crippen LogP contribution in [0.25, 0.3) is 11.3 Å². The summed E-state index contributed by atoms with van der Waals surface area (Å²) in [6.45, 7) is 1.86. The summed E-state index contributed by atoms with van der Waals surface area (Å²) in [4.78, 5) is 14.3. The number of carbonyl (C=O) groups excluding carboxylic acids is 1. The maximum Gasteiger partial charge on any atom is 0.289 e. The zero-order valence-corrected chi connectivity index (χ0v) is 12.5. The van der Waals surface area contributed by atoms with Gasteiger partial charge in [-0.1, -0.05) is 0 Å². The minimum absolute atomic E-state index is 0.111. The Hall–Kier alpha value is -2.14. The van der Waals surface area contributed by atoms with Crippen molar-refractivity contribution in [2.24, 2.45) is 0 Å². The van der Waals surface area contributed by atoms with E-state index in [2.05, 4.69) is 5.32 Å². The van der Waals surface area contributed by atoms with Gasteiger partial charge in [-0.3, -0.25) is 4.79 Å². The van der Waals surface area contributed by atoms with Gasteiger partial charge in [0.1, 0.15) is 11.6 Å². The van der Waals surface area contributed by atoms with Crippen LogP contribution in [0.5, 0.6) is 0 Å². The van der Waals surface area contributed by atoms with Crippen LogP contribution in [0.2, 0.25) is 0 Å². The van der Waals surface area contributed by atoms with Gasteiger partial charge in [-0.2, -0.15) is 0 Å². The summed E-state index contributed by atoms with van der Waals surface area (Å²) in [6.07, 6.45) is 1.90. The van der Waals surface area contributed by atoms with Gasteiger partial charge in [0.2, 0.25) is 0 Å². The topological polar surface area (TPSA) is 45.5 Å². The van der Waals surface area contributed by atoms with Crippen LogP contribution in [-0.4, -0.2) is 37.0 Å². The fourth-order valence-electron chi connectivity index (χ4n) is 2.76. The first-order valence-corrected chi connectivity index (χ1v) is 7.49. The van der Waals surface area contributed by atoms with E-state index in [0.29, 0.717) is 11.5 Å². The lowest BCUT2D eigenvalue weighted by Crippen LogP contribution is -2.43. The van der Waals surface area contributed by atoms with Gasteiger partial charge < -0.3 is 14.6 Å². The average Bonchev–Trinajstić information content (AvgIpc) is 3.05.